The highest BCUT2D eigenvalue weighted by molar-refractivity contribution is 6.07. The topological polar surface area (TPSA) is 66.0 Å². The van der Waals surface area contributed by atoms with Gasteiger partial charge >= 0.3 is 12.1 Å². The van der Waals surface area contributed by atoms with Gasteiger partial charge in [0.25, 0.3) is 0 Å². The van der Waals surface area contributed by atoms with Gasteiger partial charge in [-0.3, -0.25) is 0 Å². The van der Waals surface area contributed by atoms with Crippen LogP contribution in [0.3, 0.4) is 0 Å². The fraction of sp³-hybridized carbons (Fsp3) is 0.375. The summed E-state index contributed by atoms with van der Waals surface area (Å²) in [6.45, 7) is 5.65. The number of rotatable bonds is 3. The quantitative estimate of drug-likeness (QED) is 0.920. The number of aromatic carboxylic acids is 1. The molecule has 0 amide bonds. The number of hydrogen-bond acceptors (Lipinski definition) is 2. The van der Waals surface area contributed by atoms with E-state index in [1.165, 1.54) is 19.1 Å². The second kappa shape index (κ2) is 5.61. The fourth-order valence-electron chi connectivity index (χ4n) is 2.82. The molecule has 4 nitrogen and oxygen atoms in total. The summed E-state index contributed by atoms with van der Waals surface area (Å²) in [6.07, 6.45) is -4.81. The summed E-state index contributed by atoms with van der Waals surface area (Å²) in [4.78, 5) is 11.6. The molecule has 0 saturated heterocycles. The molecular weight excluding hydrogens is 309 g/mol. The first kappa shape index (κ1) is 16.9. The van der Waals surface area contributed by atoms with Gasteiger partial charge in [-0.2, -0.15) is 18.4 Å². The highest BCUT2D eigenvalue weighted by atomic mass is 19.4. The maximum atomic E-state index is 13.5. The minimum atomic E-state index is -4.81. The second-order valence-corrected chi connectivity index (χ2v) is 5.76. The fourth-order valence-corrected chi connectivity index (χ4v) is 2.82. The first-order chi connectivity index (χ1) is 10.6. The van der Waals surface area contributed by atoms with Gasteiger partial charge in [-0.1, -0.05) is 13.8 Å². The molecule has 0 fully saturated rings. The molecule has 7 heteroatoms. The van der Waals surface area contributed by atoms with Gasteiger partial charge in [0.15, 0.2) is 0 Å². The van der Waals surface area contributed by atoms with Crippen LogP contribution in [-0.2, 0) is 12.7 Å². The van der Waals surface area contributed by atoms with E-state index in [9.17, 15) is 23.1 Å². The molecule has 0 bridgehead atoms. The number of halogens is 3. The van der Waals surface area contributed by atoms with Crippen LogP contribution in [0.25, 0.3) is 10.9 Å². The van der Waals surface area contributed by atoms with Crippen molar-refractivity contribution < 1.29 is 23.1 Å². The first-order valence-corrected chi connectivity index (χ1v) is 6.96. The largest absolute Gasteiger partial charge is 0.478 e. The van der Waals surface area contributed by atoms with Crippen molar-refractivity contribution in [2.24, 2.45) is 5.92 Å². The molecule has 0 saturated carbocycles. The van der Waals surface area contributed by atoms with Crippen LogP contribution in [0.15, 0.2) is 12.1 Å². The Morgan fingerprint density at radius 3 is 2.43 bits per heavy atom. The molecule has 0 aliphatic heterocycles. The molecule has 1 aromatic carbocycles. The van der Waals surface area contributed by atoms with E-state index in [-0.39, 0.29) is 17.1 Å². The summed E-state index contributed by atoms with van der Waals surface area (Å²) < 4.78 is 41.9. The van der Waals surface area contributed by atoms with Crippen molar-refractivity contribution >= 4 is 16.9 Å². The monoisotopic (exact) mass is 324 g/mol. The lowest BCUT2D eigenvalue weighted by atomic mass is 9.99. The zero-order valence-corrected chi connectivity index (χ0v) is 12.8. The van der Waals surface area contributed by atoms with Crippen molar-refractivity contribution in [2.75, 3.05) is 0 Å². The van der Waals surface area contributed by atoms with Crippen molar-refractivity contribution in [1.29, 1.82) is 5.26 Å². The van der Waals surface area contributed by atoms with Crippen molar-refractivity contribution in [3.8, 4) is 6.07 Å². The van der Waals surface area contributed by atoms with E-state index in [1.807, 2.05) is 13.8 Å². The molecular formula is C16H15F3N2O2. The van der Waals surface area contributed by atoms with E-state index in [0.717, 1.165) is 6.07 Å². The number of fused-ring (bicyclic) bond motifs is 1. The lowest BCUT2D eigenvalue weighted by Crippen LogP contribution is -2.10. The number of alkyl halides is 3. The number of carboxylic acids is 1. The smallest absolute Gasteiger partial charge is 0.418 e. The van der Waals surface area contributed by atoms with Crippen LogP contribution in [0.5, 0.6) is 0 Å². The minimum Gasteiger partial charge on any atom is -0.478 e. The number of carboxylic acid groups (broad SMARTS) is 1. The first-order valence-electron chi connectivity index (χ1n) is 6.96. The molecule has 2 rings (SSSR count). The highest BCUT2D eigenvalue weighted by Crippen LogP contribution is 2.41. The Bertz CT molecular complexity index is 827. The number of carbonyl (C=O) groups is 1. The van der Waals surface area contributed by atoms with Crippen LogP contribution in [0.4, 0.5) is 13.2 Å². The Morgan fingerprint density at radius 1 is 1.39 bits per heavy atom. The second-order valence-electron chi connectivity index (χ2n) is 5.76. The van der Waals surface area contributed by atoms with Gasteiger partial charge in [-0.25, -0.2) is 4.79 Å². The van der Waals surface area contributed by atoms with Gasteiger partial charge in [0.05, 0.1) is 22.8 Å². The Balaban J connectivity index is 3.04. The Kier molecular flexibility index (Phi) is 4.12. The summed E-state index contributed by atoms with van der Waals surface area (Å²) in [5, 5.41) is 18.0. The maximum absolute atomic E-state index is 13.5. The molecule has 122 valence electrons. The van der Waals surface area contributed by atoms with Gasteiger partial charge < -0.3 is 9.67 Å². The van der Waals surface area contributed by atoms with Crippen molar-refractivity contribution in [3.63, 3.8) is 0 Å². The van der Waals surface area contributed by atoms with Crippen LogP contribution in [0.1, 0.15) is 41.0 Å². The highest BCUT2D eigenvalue weighted by Gasteiger charge is 2.39. The van der Waals surface area contributed by atoms with E-state index in [1.54, 1.807) is 4.57 Å². The molecule has 0 unspecified atom stereocenters. The summed E-state index contributed by atoms with van der Waals surface area (Å²) in [6, 6.07) is 3.98. The molecule has 0 atom stereocenters. The third-order valence-electron chi connectivity index (χ3n) is 3.66. The molecule has 1 heterocycles. The van der Waals surface area contributed by atoms with Crippen LogP contribution in [-0.4, -0.2) is 15.6 Å². The summed E-state index contributed by atoms with van der Waals surface area (Å²) in [5.41, 5.74) is -1.72. The molecule has 23 heavy (non-hydrogen) atoms. The molecule has 1 aromatic heterocycles. The summed E-state index contributed by atoms with van der Waals surface area (Å²) in [7, 11) is 0. The molecule has 0 spiro atoms. The predicted octanol–water partition coefficient (Wildman–Crippen LogP) is 4.19. The van der Waals surface area contributed by atoms with Gasteiger partial charge in [-0.15, -0.1) is 0 Å². The molecule has 0 aliphatic carbocycles. The van der Waals surface area contributed by atoms with Crippen LogP contribution >= 0.6 is 0 Å². The third-order valence-corrected chi connectivity index (χ3v) is 3.66. The van der Waals surface area contributed by atoms with Crippen LogP contribution in [0.2, 0.25) is 0 Å². The maximum Gasteiger partial charge on any atom is 0.418 e. The van der Waals surface area contributed by atoms with E-state index in [2.05, 4.69) is 0 Å². The summed E-state index contributed by atoms with van der Waals surface area (Å²) in [5.74, 6) is -1.31. The Morgan fingerprint density at radius 2 is 2.00 bits per heavy atom. The number of benzene rings is 1. The van der Waals surface area contributed by atoms with E-state index < -0.39 is 34.2 Å². The lowest BCUT2D eigenvalue weighted by Gasteiger charge is -2.13. The molecule has 2 aromatic rings. The number of aromatic nitrogens is 1. The van der Waals surface area contributed by atoms with E-state index in [4.69, 9.17) is 5.26 Å². The predicted molar refractivity (Wildman–Crippen MR) is 78.2 cm³/mol. The Hall–Kier alpha value is -2.49. The molecule has 0 aliphatic rings. The van der Waals surface area contributed by atoms with Gasteiger partial charge in [0.1, 0.15) is 0 Å². The lowest BCUT2D eigenvalue weighted by molar-refractivity contribution is -0.136. The van der Waals surface area contributed by atoms with E-state index in [0.29, 0.717) is 6.54 Å². The van der Waals surface area contributed by atoms with Crippen molar-refractivity contribution in [1.82, 2.24) is 4.57 Å². The van der Waals surface area contributed by atoms with Crippen molar-refractivity contribution in [3.05, 3.63) is 34.5 Å². The van der Waals surface area contributed by atoms with E-state index >= 15 is 0 Å². The van der Waals surface area contributed by atoms with Crippen LogP contribution < -0.4 is 0 Å². The van der Waals surface area contributed by atoms with Crippen molar-refractivity contribution in [2.45, 2.75) is 33.5 Å². The Labute approximate surface area is 130 Å². The molecule has 1 N–H and O–H groups in total. The average molecular weight is 324 g/mol. The van der Waals surface area contributed by atoms with Gasteiger partial charge in [0.2, 0.25) is 0 Å². The molecule has 0 radical (unpaired) electrons. The zero-order chi connectivity index (χ0) is 17.5. The minimum absolute atomic E-state index is 0.121. The third kappa shape index (κ3) is 2.77. The average Bonchev–Trinajstić information content (AvgIpc) is 2.68. The van der Waals surface area contributed by atoms with Gasteiger partial charge in [-0.05, 0) is 25.0 Å². The normalized spacial score (nSPS) is 11.9. The number of nitriles is 1. The standard InChI is InChI=1S/C16H15F3N2O2/c1-8(2)7-21-9(3)12(15(22)23)13-11(21)5-4-10(6-20)14(13)16(17,18)19/h4-5,8H,7H2,1-3H3,(H,22,23). The summed E-state index contributed by atoms with van der Waals surface area (Å²) >= 11 is 0. The van der Waals surface area contributed by atoms with Crippen LogP contribution in [0, 0.1) is 24.2 Å². The SMILES string of the molecule is Cc1c(C(=O)O)c2c(C(F)(F)F)c(C#N)ccc2n1CC(C)C. The van der Waals surface area contributed by atoms with Gasteiger partial charge in [0, 0.05) is 23.1 Å². The number of nitrogens with zero attached hydrogens (tertiary/aromatic N) is 2. The number of hydrogen-bond donors (Lipinski definition) is 1. The zero-order valence-electron chi connectivity index (χ0n) is 12.8.